The molecule has 0 unspecified atom stereocenters. The van der Waals surface area contributed by atoms with E-state index in [2.05, 4.69) is 12.2 Å². The number of carbonyl (C=O) groups is 1. The number of nitrogens with one attached hydrogen (secondary N) is 1. The van der Waals surface area contributed by atoms with E-state index < -0.39 is 0 Å². The first-order chi connectivity index (χ1) is 12.5. The zero-order valence-corrected chi connectivity index (χ0v) is 16.0. The molecule has 0 aromatic heterocycles. The van der Waals surface area contributed by atoms with Gasteiger partial charge < -0.3 is 14.8 Å². The molecule has 0 saturated heterocycles. The molecule has 1 fully saturated rings. The molecule has 1 N–H and O–H groups in total. The van der Waals surface area contributed by atoms with Gasteiger partial charge in [-0.1, -0.05) is 31.9 Å². The fraction of sp³-hybridized carbons (Fsp3) is 0.524. The first kappa shape index (κ1) is 19.8. The van der Waals surface area contributed by atoms with Gasteiger partial charge in [-0.05, 0) is 44.7 Å². The Labute approximate surface area is 156 Å². The molecule has 1 aromatic rings. The summed E-state index contributed by atoms with van der Waals surface area (Å²) in [6, 6.07) is 7.58. The molecule has 1 aliphatic carbocycles. The first-order valence-corrected chi connectivity index (χ1v) is 9.22. The smallest absolute Gasteiger partial charge is 0.262 e. The Hall–Kier alpha value is -2.48. The van der Waals surface area contributed by atoms with Gasteiger partial charge in [0.1, 0.15) is 11.6 Å². The van der Waals surface area contributed by atoms with Crippen LogP contribution in [-0.4, -0.2) is 25.2 Å². The molecular weight excluding hydrogens is 328 g/mol. The molecule has 1 saturated carbocycles. The number of methoxy groups -OCH3 is 1. The van der Waals surface area contributed by atoms with Gasteiger partial charge >= 0.3 is 0 Å². The van der Waals surface area contributed by atoms with Crippen LogP contribution >= 0.6 is 0 Å². The summed E-state index contributed by atoms with van der Waals surface area (Å²) in [6.45, 7) is 5.99. The summed E-state index contributed by atoms with van der Waals surface area (Å²) in [6.07, 6.45) is 5.91. The predicted molar refractivity (Wildman–Crippen MR) is 102 cm³/mol. The van der Waals surface area contributed by atoms with Gasteiger partial charge in [-0.3, -0.25) is 4.79 Å². The van der Waals surface area contributed by atoms with Gasteiger partial charge in [0, 0.05) is 11.6 Å². The molecule has 140 valence electrons. The fourth-order valence-corrected chi connectivity index (χ4v) is 3.25. The Bertz CT molecular complexity index is 704. The Morgan fingerprint density at radius 2 is 2.08 bits per heavy atom. The Morgan fingerprint density at radius 1 is 1.35 bits per heavy atom. The zero-order valence-electron chi connectivity index (χ0n) is 16.0. The quantitative estimate of drug-likeness (QED) is 0.616. The lowest BCUT2D eigenvalue weighted by molar-refractivity contribution is -0.118. The van der Waals surface area contributed by atoms with Gasteiger partial charge in [-0.25, -0.2) is 0 Å². The number of para-hydroxylation sites is 1. The molecule has 1 aromatic carbocycles. The van der Waals surface area contributed by atoms with Crippen molar-refractivity contribution in [1.82, 2.24) is 5.32 Å². The monoisotopic (exact) mass is 356 g/mol. The van der Waals surface area contributed by atoms with Crippen molar-refractivity contribution in [1.29, 1.82) is 5.26 Å². The maximum Gasteiger partial charge on any atom is 0.262 e. The summed E-state index contributed by atoms with van der Waals surface area (Å²) in [7, 11) is 1.57. The van der Waals surface area contributed by atoms with E-state index in [0.717, 1.165) is 19.3 Å². The van der Waals surface area contributed by atoms with Crippen LogP contribution in [0.2, 0.25) is 0 Å². The van der Waals surface area contributed by atoms with Gasteiger partial charge in [0.05, 0.1) is 13.2 Å². The molecule has 2 atom stereocenters. The van der Waals surface area contributed by atoms with Crippen LogP contribution in [0, 0.1) is 17.2 Å². The highest BCUT2D eigenvalue weighted by Crippen LogP contribution is 2.33. The molecule has 2 rings (SSSR count). The minimum absolute atomic E-state index is 0.0547. The van der Waals surface area contributed by atoms with Crippen molar-refractivity contribution in [3.05, 3.63) is 29.3 Å². The third kappa shape index (κ3) is 5.01. The average Bonchev–Trinajstić information content (AvgIpc) is 2.62. The second-order valence-corrected chi connectivity index (χ2v) is 7.06. The van der Waals surface area contributed by atoms with Crippen LogP contribution in [0.25, 0.3) is 6.08 Å². The van der Waals surface area contributed by atoms with E-state index in [0.29, 0.717) is 23.0 Å². The summed E-state index contributed by atoms with van der Waals surface area (Å²) in [5, 5.41) is 12.5. The summed E-state index contributed by atoms with van der Waals surface area (Å²) in [5.41, 5.74) is 0.728. The number of benzene rings is 1. The number of amides is 1. The van der Waals surface area contributed by atoms with E-state index in [1.165, 1.54) is 6.42 Å². The lowest BCUT2D eigenvalue weighted by atomic mass is 9.86. The molecule has 0 heterocycles. The molecule has 0 aliphatic heterocycles. The highest BCUT2D eigenvalue weighted by molar-refractivity contribution is 6.02. The molecule has 1 aliphatic rings. The summed E-state index contributed by atoms with van der Waals surface area (Å²) in [4.78, 5) is 12.6. The second-order valence-electron chi connectivity index (χ2n) is 7.06. The number of rotatable bonds is 6. The van der Waals surface area contributed by atoms with Crippen LogP contribution in [0.3, 0.4) is 0 Å². The summed E-state index contributed by atoms with van der Waals surface area (Å²) < 4.78 is 11.2. The Kier molecular flexibility index (Phi) is 7.08. The molecule has 0 spiro atoms. The Balaban J connectivity index is 2.27. The number of nitriles is 1. The van der Waals surface area contributed by atoms with Crippen molar-refractivity contribution in [3.63, 3.8) is 0 Å². The minimum atomic E-state index is -0.329. The topological polar surface area (TPSA) is 71.3 Å². The van der Waals surface area contributed by atoms with Crippen molar-refractivity contribution >= 4 is 12.0 Å². The largest absolute Gasteiger partial charge is 0.493 e. The predicted octanol–water partition coefficient (Wildman–Crippen LogP) is 4.08. The van der Waals surface area contributed by atoms with Crippen molar-refractivity contribution in [2.24, 2.45) is 5.92 Å². The molecule has 26 heavy (non-hydrogen) atoms. The Morgan fingerprint density at radius 3 is 2.69 bits per heavy atom. The SMILES string of the molecule is COc1cccc(/C=C(\C#N)C(=O)N[C@@H]2CCCC[C@H]2C)c1OC(C)C. The van der Waals surface area contributed by atoms with Crippen LogP contribution in [0.1, 0.15) is 52.0 Å². The van der Waals surface area contributed by atoms with Gasteiger partial charge in [0.25, 0.3) is 5.91 Å². The normalized spacial score (nSPS) is 20.4. The van der Waals surface area contributed by atoms with E-state index in [1.807, 2.05) is 32.0 Å². The van der Waals surface area contributed by atoms with E-state index >= 15 is 0 Å². The van der Waals surface area contributed by atoms with E-state index in [-0.39, 0.29) is 23.6 Å². The number of carbonyl (C=O) groups excluding carboxylic acids is 1. The summed E-state index contributed by atoms with van der Waals surface area (Å²) >= 11 is 0. The van der Waals surface area contributed by atoms with Gasteiger partial charge in [0.15, 0.2) is 11.5 Å². The lowest BCUT2D eigenvalue weighted by Gasteiger charge is -2.29. The van der Waals surface area contributed by atoms with Crippen molar-refractivity contribution in [2.45, 2.75) is 58.6 Å². The van der Waals surface area contributed by atoms with Crippen LogP contribution in [0.5, 0.6) is 11.5 Å². The molecule has 1 amide bonds. The van der Waals surface area contributed by atoms with Crippen molar-refractivity contribution in [2.75, 3.05) is 7.11 Å². The van der Waals surface area contributed by atoms with Crippen LogP contribution in [0.15, 0.2) is 23.8 Å². The number of hydrogen-bond donors (Lipinski definition) is 1. The molecule has 5 heteroatoms. The van der Waals surface area contributed by atoms with Crippen molar-refractivity contribution < 1.29 is 14.3 Å². The minimum Gasteiger partial charge on any atom is -0.493 e. The van der Waals surface area contributed by atoms with Crippen molar-refractivity contribution in [3.8, 4) is 17.6 Å². The van der Waals surface area contributed by atoms with Gasteiger partial charge in [0.2, 0.25) is 0 Å². The summed E-state index contributed by atoms with van der Waals surface area (Å²) in [5.74, 6) is 1.22. The van der Waals surface area contributed by atoms with Gasteiger partial charge in [-0.2, -0.15) is 5.26 Å². The molecule has 0 radical (unpaired) electrons. The molecule has 5 nitrogen and oxygen atoms in total. The van der Waals surface area contributed by atoms with Crippen LogP contribution < -0.4 is 14.8 Å². The molecule has 0 bridgehead atoms. The third-order valence-corrected chi connectivity index (χ3v) is 4.68. The highest BCUT2D eigenvalue weighted by atomic mass is 16.5. The van der Waals surface area contributed by atoms with E-state index in [4.69, 9.17) is 9.47 Å². The van der Waals surface area contributed by atoms with Crippen LogP contribution in [-0.2, 0) is 4.79 Å². The maximum atomic E-state index is 12.6. The average molecular weight is 356 g/mol. The maximum absolute atomic E-state index is 12.6. The van der Waals surface area contributed by atoms with E-state index in [1.54, 1.807) is 19.3 Å². The lowest BCUT2D eigenvalue weighted by Crippen LogP contribution is -2.41. The number of nitrogens with zero attached hydrogens (tertiary/aromatic N) is 1. The van der Waals surface area contributed by atoms with E-state index in [9.17, 15) is 10.1 Å². The van der Waals surface area contributed by atoms with Gasteiger partial charge in [-0.15, -0.1) is 0 Å². The number of hydrogen-bond acceptors (Lipinski definition) is 4. The third-order valence-electron chi connectivity index (χ3n) is 4.68. The first-order valence-electron chi connectivity index (χ1n) is 9.22. The second kappa shape index (κ2) is 9.28. The number of ether oxygens (including phenoxy) is 2. The highest BCUT2D eigenvalue weighted by Gasteiger charge is 2.24. The molecular formula is C21H28N2O3. The zero-order chi connectivity index (χ0) is 19.1. The standard InChI is InChI=1S/C21H28N2O3/c1-14(2)26-20-16(9-7-11-19(20)25-4)12-17(13-22)21(24)23-18-10-6-5-8-15(18)3/h7,9,11-12,14-15,18H,5-6,8,10H2,1-4H3,(H,23,24)/b17-12+/t15-,18-/m1/s1. The van der Waals surface area contributed by atoms with Crippen LogP contribution in [0.4, 0.5) is 0 Å². The fourth-order valence-electron chi connectivity index (χ4n) is 3.25.